The smallest absolute Gasteiger partial charge is 0.321 e. The molecule has 0 aromatic heterocycles. The van der Waals surface area contributed by atoms with Crippen LogP contribution in [-0.2, 0) is 9.47 Å². The number of carbonyl (C=O) groups is 1. The normalized spacial score (nSPS) is 26.9. The minimum Gasteiger partial charge on any atom is -0.490 e. The van der Waals surface area contributed by atoms with Gasteiger partial charge in [-0.25, -0.2) is 4.79 Å². The Labute approximate surface area is 272 Å². The number of rotatable bonds is 6. The fourth-order valence-electron chi connectivity index (χ4n) is 7.10. The van der Waals surface area contributed by atoms with Crippen LogP contribution in [0.3, 0.4) is 0 Å². The van der Waals surface area contributed by atoms with E-state index in [9.17, 15) is 4.79 Å². The Morgan fingerprint density at radius 3 is 2.20 bits per heavy atom. The van der Waals surface area contributed by atoms with E-state index in [0.717, 1.165) is 48.5 Å². The molecule has 1 aliphatic carbocycles. The number of carbonyl (C=O) groups excluding carboxylic acids is 1. The van der Waals surface area contributed by atoms with Crippen molar-refractivity contribution in [2.45, 2.75) is 68.8 Å². The van der Waals surface area contributed by atoms with E-state index in [0.29, 0.717) is 19.2 Å². The van der Waals surface area contributed by atoms with Gasteiger partial charge in [-0.1, -0.05) is 42.2 Å². The third kappa shape index (κ3) is 6.93. The van der Waals surface area contributed by atoms with Crippen molar-refractivity contribution in [1.82, 2.24) is 14.7 Å². The van der Waals surface area contributed by atoms with Crippen LogP contribution in [0.4, 0.5) is 10.5 Å². The Morgan fingerprint density at radius 1 is 0.891 bits per heavy atom. The van der Waals surface area contributed by atoms with Crippen LogP contribution in [0.1, 0.15) is 49.3 Å². The van der Waals surface area contributed by atoms with Gasteiger partial charge in [0.2, 0.25) is 0 Å². The molecule has 8 nitrogen and oxygen atoms in total. The summed E-state index contributed by atoms with van der Waals surface area (Å²) in [5.74, 6) is 6.96. The van der Waals surface area contributed by atoms with Crippen molar-refractivity contribution in [3.05, 3.63) is 95.6 Å². The molecule has 3 aliphatic heterocycles. The molecule has 0 bridgehead atoms. The van der Waals surface area contributed by atoms with Crippen molar-refractivity contribution in [2.75, 3.05) is 45.6 Å². The lowest BCUT2D eigenvalue weighted by atomic mass is 9.73. The second-order valence-corrected chi connectivity index (χ2v) is 13.7. The fourth-order valence-corrected chi connectivity index (χ4v) is 7.10. The number of hydrogen-bond donors (Lipinski definition) is 1. The van der Waals surface area contributed by atoms with Gasteiger partial charge < -0.3 is 29.3 Å². The van der Waals surface area contributed by atoms with E-state index in [-0.39, 0.29) is 36.2 Å². The van der Waals surface area contributed by atoms with E-state index in [1.165, 1.54) is 5.56 Å². The fraction of sp³-hybridized carbons (Fsp3) is 0.447. The predicted octanol–water partition coefficient (Wildman–Crippen LogP) is 5.39. The quantitative estimate of drug-likeness (QED) is 0.373. The first-order valence-electron chi connectivity index (χ1n) is 16.5. The van der Waals surface area contributed by atoms with Gasteiger partial charge in [0.1, 0.15) is 18.0 Å². The lowest BCUT2D eigenvalue weighted by molar-refractivity contribution is -0.150. The highest BCUT2D eigenvalue weighted by molar-refractivity contribution is 5.89. The van der Waals surface area contributed by atoms with Crippen molar-refractivity contribution in [3.8, 4) is 17.6 Å². The van der Waals surface area contributed by atoms with Crippen LogP contribution >= 0.6 is 0 Å². The molecule has 3 aromatic carbocycles. The molecule has 3 saturated heterocycles. The molecule has 240 valence electrons. The van der Waals surface area contributed by atoms with Gasteiger partial charge in [0.05, 0.1) is 12.6 Å². The van der Waals surface area contributed by atoms with E-state index in [2.05, 4.69) is 65.3 Å². The third-order valence-electron chi connectivity index (χ3n) is 9.36. The van der Waals surface area contributed by atoms with E-state index in [4.69, 9.17) is 14.2 Å². The molecule has 4 fully saturated rings. The number of hydrogen-bond acceptors (Lipinski definition) is 6. The molecular weight excluding hydrogens is 576 g/mol. The summed E-state index contributed by atoms with van der Waals surface area (Å²) in [7, 11) is 4.25. The van der Waals surface area contributed by atoms with Crippen molar-refractivity contribution in [2.24, 2.45) is 0 Å². The van der Waals surface area contributed by atoms with Gasteiger partial charge in [0.25, 0.3) is 0 Å². The summed E-state index contributed by atoms with van der Waals surface area (Å²) < 4.78 is 18.7. The van der Waals surface area contributed by atoms with Crippen LogP contribution < -0.4 is 10.1 Å². The van der Waals surface area contributed by atoms with Crippen LogP contribution in [-0.4, -0.2) is 97.2 Å². The van der Waals surface area contributed by atoms with Crippen LogP contribution in [0.2, 0.25) is 0 Å². The van der Waals surface area contributed by atoms with E-state index in [1.807, 2.05) is 73.3 Å². The molecule has 4 aliphatic rings. The summed E-state index contributed by atoms with van der Waals surface area (Å²) in [6.07, 6.45) is 2.21. The van der Waals surface area contributed by atoms with Gasteiger partial charge >= 0.3 is 6.03 Å². The molecule has 7 rings (SSSR count). The molecule has 3 aromatic rings. The number of benzene rings is 3. The third-order valence-corrected chi connectivity index (χ3v) is 9.36. The van der Waals surface area contributed by atoms with Gasteiger partial charge in [-0.2, -0.15) is 0 Å². The highest BCUT2D eigenvalue weighted by Crippen LogP contribution is 2.44. The molecule has 5 atom stereocenters. The Balaban J connectivity index is 1.13. The average Bonchev–Trinajstić information content (AvgIpc) is 3.80. The zero-order valence-corrected chi connectivity index (χ0v) is 27.2. The summed E-state index contributed by atoms with van der Waals surface area (Å²) in [4.78, 5) is 20.6. The van der Waals surface area contributed by atoms with Gasteiger partial charge in [0, 0.05) is 54.5 Å². The lowest BCUT2D eigenvalue weighted by Crippen LogP contribution is -2.71. The van der Waals surface area contributed by atoms with Crippen molar-refractivity contribution in [1.29, 1.82) is 0 Å². The van der Waals surface area contributed by atoms with Crippen molar-refractivity contribution < 1.29 is 19.0 Å². The molecular formula is C38H44N4O4. The minimum atomic E-state index is -0.702. The number of anilines is 1. The van der Waals surface area contributed by atoms with Crippen LogP contribution in [0.5, 0.6) is 5.75 Å². The first-order chi connectivity index (χ1) is 22.2. The number of likely N-dealkylation sites (N-methyl/N-ethyl adjacent to an activating group) is 1. The highest BCUT2D eigenvalue weighted by atomic mass is 16.8. The molecule has 8 heteroatoms. The standard InChI is InChI=1S/C38H44N4O4/c1-38(2)45-34-24-41(37(43)39-29-16-18-30(19-17-29)44-31-20-21-31)23-33-36(32(22-40(3)4)42(33)25-35(34)46-38)28-14-12-27(13-15-28)11-10-26-8-6-5-7-9-26/h5-9,12-19,31-36H,20-25H2,1-4H3,(H,39,43)/t32-,33+,34-,35+,36+/m1/s1. The Hall–Kier alpha value is -3.87. The zero-order valence-electron chi connectivity index (χ0n) is 27.2. The monoisotopic (exact) mass is 620 g/mol. The summed E-state index contributed by atoms with van der Waals surface area (Å²) in [5, 5.41) is 3.14. The summed E-state index contributed by atoms with van der Waals surface area (Å²) in [5.41, 5.74) is 4.01. The topological polar surface area (TPSA) is 66.5 Å². The number of amides is 2. The van der Waals surface area contributed by atoms with Crippen molar-refractivity contribution >= 4 is 11.7 Å². The van der Waals surface area contributed by atoms with Crippen molar-refractivity contribution in [3.63, 3.8) is 0 Å². The minimum absolute atomic E-state index is 0.131. The SMILES string of the molecule is CN(C)C[C@@H]1[C@H](c2ccc(C#Cc3ccccc3)cc2)[C@@H]2CN(C(=O)Nc3ccc(OC4CC4)cc3)C[C@H]3OC(C)(C)O[C@H]3CN12. The van der Waals surface area contributed by atoms with Crippen LogP contribution in [0, 0.1) is 11.8 Å². The first-order valence-corrected chi connectivity index (χ1v) is 16.5. The zero-order chi connectivity index (χ0) is 31.8. The first kappa shape index (κ1) is 30.8. The van der Waals surface area contributed by atoms with Gasteiger partial charge in [0.15, 0.2) is 5.79 Å². The van der Waals surface area contributed by atoms with Crippen LogP contribution in [0.15, 0.2) is 78.9 Å². The highest BCUT2D eigenvalue weighted by Gasteiger charge is 2.54. The maximum atomic E-state index is 13.9. The summed E-state index contributed by atoms with van der Waals surface area (Å²) in [6, 6.07) is 26.7. The second-order valence-electron chi connectivity index (χ2n) is 13.7. The molecule has 0 radical (unpaired) electrons. The van der Waals surface area contributed by atoms with Gasteiger partial charge in [-0.05, 0) is 94.9 Å². The predicted molar refractivity (Wildman–Crippen MR) is 179 cm³/mol. The number of fused-ring (bicyclic) bond motifs is 2. The number of nitrogens with one attached hydrogen (secondary N) is 1. The Bertz CT molecular complexity index is 1580. The van der Waals surface area contributed by atoms with Gasteiger partial charge in [-0.3, -0.25) is 4.90 Å². The number of nitrogens with zero attached hydrogens (tertiary/aromatic N) is 3. The largest absolute Gasteiger partial charge is 0.490 e. The molecule has 0 unspecified atom stereocenters. The molecule has 0 spiro atoms. The Kier molecular flexibility index (Phi) is 8.51. The van der Waals surface area contributed by atoms with E-state index >= 15 is 0 Å². The van der Waals surface area contributed by atoms with E-state index < -0.39 is 5.79 Å². The maximum Gasteiger partial charge on any atom is 0.321 e. The summed E-state index contributed by atoms with van der Waals surface area (Å²) in [6.45, 7) is 6.65. The number of urea groups is 1. The molecule has 46 heavy (non-hydrogen) atoms. The maximum absolute atomic E-state index is 13.9. The molecule has 1 saturated carbocycles. The van der Waals surface area contributed by atoms with Gasteiger partial charge in [-0.15, -0.1) is 0 Å². The average molecular weight is 621 g/mol. The van der Waals surface area contributed by atoms with E-state index in [1.54, 1.807) is 0 Å². The molecule has 1 N–H and O–H groups in total. The summed E-state index contributed by atoms with van der Waals surface area (Å²) >= 11 is 0. The molecule has 2 amide bonds. The number of ether oxygens (including phenoxy) is 3. The Morgan fingerprint density at radius 2 is 1.54 bits per heavy atom. The second kappa shape index (κ2) is 12.7. The van der Waals surface area contributed by atoms with Crippen LogP contribution in [0.25, 0.3) is 0 Å². The lowest BCUT2D eigenvalue weighted by Gasteiger charge is -2.59. The molecule has 3 heterocycles.